The molecule has 1 aliphatic rings. The lowest BCUT2D eigenvalue weighted by Gasteiger charge is -2.10. The second kappa shape index (κ2) is 6.46. The van der Waals surface area contributed by atoms with E-state index in [2.05, 4.69) is 15.9 Å². The molecule has 2 aromatic carbocycles. The average Bonchev–Trinajstić information content (AvgIpc) is 2.89. The minimum atomic E-state index is -0.420. The van der Waals surface area contributed by atoms with Gasteiger partial charge in [0.1, 0.15) is 6.79 Å². The molecule has 0 atom stereocenters. The number of aryl methyl sites for hydroxylation is 1. The lowest BCUT2D eigenvalue weighted by Crippen LogP contribution is -2.13. The maximum absolute atomic E-state index is 11.6. The monoisotopic (exact) mass is 373 g/mol. The highest BCUT2D eigenvalue weighted by Crippen LogP contribution is 2.44. The number of nitrogens with two attached hydrogens (primary N) is 1. The summed E-state index contributed by atoms with van der Waals surface area (Å²) in [6, 6.07) is 7.42. The number of ketones is 1. The smallest absolute Gasteiger partial charge is 0.249 e. The van der Waals surface area contributed by atoms with Crippen LogP contribution in [-0.4, -0.2) is 18.5 Å². The third-order valence-corrected chi connectivity index (χ3v) is 4.63. The molecule has 3 rings (SSSR count). The van der Waals surface area contributed by atoms with Gasteiger partial charge in [0, 0.05) is 21.2 Å². The van der Waals surface area contributed by atoms with Gasteiger partial charge in [-0.3, -0.25) is 9.59 Å². The summed E-state index contributed by atoms with van der Waals surface area (Å²) in [6.45, 7) is 5.55. The van der Waals surface area contributed by atoms with Gasteiger partial charge in [-0.1, -0.05) is 15.9 Å². The first-order chi connectivity index (χ1) is 10.9. The van der Waals surface area contributed by atoms with Crippen LogP contribution in [-0.2, 0) is 11.2 Å². The van der Waals surface area contributed by atoms with Gasteiger partial charge in [-0.25, -0.2) is 0 Å². The van der Waals surface area contributed by atoms with E-state index < -0.39 is 5.91 Å². The van der Waals surface area contributed by atoms with Crippen molar-refractivity contribution in [2.45, 2.75) is 20.3 Å². The normalized spacial score (nSPS) is 11.1. The molecule has 0 radical (unpaired) electrons. The number of hydrogen-bond acceptors (Lipinski definition) is 3. The molecule has 0 unspecified atom stereocenters. The highest BCUT2D eigenvalue weighted by atomic mass is 79.9. The molecular formula is C18H16BrNO3. The highest BCUT2D eigenvalue weighted by molar-refractivity contribution is 9.10. The molecular weight excluding hydrogens is 358 g/mol. The molecule has 0 aromatic heterocycles. The van der Waals surface area contributed by atoms with Crippen molar-refractivity contribution in [2.75, 3.05) is 0 Å². The van der Waals surface area contributed by atoms with E-state index in [4.69, 9.17) is 10.5 Å². The topological polar surface area (TPSA) is 77.2 Å². The summed E-state index contributed by atoms with van der Waals surface area (Å²) in [5, 5.41) is 0. The summed E-state index contributed by atoms with van der Waals surface area (Å²) in [5.74, 6) is -0.373. The standard InChI is InChI=1S/C17H14BrNO2.CH2O/c1-8-5-10(9(2)20)6-11-7-13-12(17(19)21)3-4-14(18)16(13)15(8)11;1-2/h3-6H,7H2,1-2H3,(H2,19,21);1H2. The third-order valence-electron chi connectivity index (χ3n) is 3.97. The second-order valence-electron chi connectivity index (χ2n) is 5.37. The molecule has 23 heavy (non-hydrogen) atoms. The van der Waals surface area contributed by atoms with Crippen LogP contribution in [0.2, 0.25) is 0 Å². The Kier molecular flexibility index (Phi) is 4.80. The number of Topliss-reactive ketones (excluding diaryl/α,β-unsaturated/α-hetero) is 1. The van der Waals surface area contributed by atoms with Crippen molar-refractivity contribution in [1.29, 1.82) is 0 Å². The zero-order valence-corrected chi connectivity index (χ0v) is 14.5. The van der Waals surface area contributed by atoms with Crippen LogP contribution in [0, 0.1) is 6.92 Å². The van der Waals surface area contributed by atoms with Crippen LogP contribution in [0.15, 0.2) is 28.7 Å². The van der Waals surface area contributed by atoms with Crippen LogP contribution in [0.4, 0.5) is 0 Å². The summed E-state index contributed by atoms with van der Waals surface area (Å²) in [7, 11) is 0. The average molecular weight is 374 g/mol. The molecule has 0 aliphatic heterocycles. The van der Waals surface area contributed by atoms with E-state index >= 15 is 0 Å². The number of fused-ring (bicyclic) bond motifs is 3. The molecule has 5 heteroatoms. The molecule has 0 spiro atoms. The maximum atomic E-state index is 11.6. The molecule has 0 saturated heterocycles. The lowest BCUT2D eigenvalue weighted by molar-refractivity contribution is -0.0980. The van der Waals surface area contributed by atoms with Crippen molar-refractivity contribution >= 4 is 34.4 Å². The Hall–Kier alpha value is -2.27. The van der Waals surface area contributed by atoms with Crippen LogP contribution in [0.25, 0.3) is 11.1 Å². The van der Waals surface area contributed by atoms with Crippen LogP contribution in [0.1, 0.15) is 44.3 Å². The number of benzene rings is 2. The number of halogens is 1. The number of carbonyl (C=O) groups is 3. The second-order valence-corrected chi connectivity index (χ2v) is 6.23. The molecule has 4 nitrogen and oxygen atoms in total. The fraction of sp³-hybridized carbons (Fsp3) is 0.167. The Balaban J connectivity index is 0.000000924. The fourth-order valence-corrected chi connectivity index (χ4v) is 3.62. The predicted molar refractivity (Wildman–Crippen MR) is 92.8 cm³/mol. The highest BCUT2D eigenvalue weighted by Gasteiger charge is 2.27. The summed E-state index contributed by atoms with van der Waals surface area (Å²) in [6.07, 6.45) is 0.629. The summed E-state index contributed by atoms with van der Waals surface area (Å²) in [4.78, 5) is 31.3. The van der Waals surface area contributed by atoms with Gasteiger partial charge in [-0.15, -0.1) is 0 Å². The van der Waals surface area contributed by atoms with Gasteiger partial charge in [0.25, 0.3) is 0 Å². The van der Waals surface area contributed by atoms with Crippen molar-refractivity contribution in [3.63, 3.8) is 0 Å². The molecule has 0 bridgehead atoms. The molecule has 0 fully saturated rings. The van der Waals surface area contributed by atoms with Gasteiger partial charge in [0.2, 0.25) is 5.91 Å². The third kappa shape index (κ3) is 2.84. The van der Waals surface area contributed by atoms with Gasteiger partial charge < -0.3 is 10.5 Å². The fourth-order valence-electron chi connectivity index (χ4n) is 3.06. The summed E-state index contributed by atoms with van der Waals surface area (Å²) >= 11 is 3.56. The Labute approximate surface area is 142 Å². The van der Waals surface area contributed by atoms with Gasteiger partial charge in [-0.05, 0) is 66.8 Å². The first kappa shape index (κ1) is 17.1. The van der Waals surface area contributed by atoms with Gasteiger partial charge >= 0.3 is 0 Å². The Morgan fingerprint density at radius 2 is 1.83 bits per heavy atom. The number of amides is 1. The van der Waals surface area contributed by atoms with Crippen molar-refractivity contribution < 1.29 is 14.4 Å². The molecule has 2 aromatic rings. The minimum absolute atomic E-state index is 0.0473. The number of rotatable bonds is 2. The SMILES string of the molecule is C=O.CC(=O)c1cc(C)c2c(c1)Cc1c(C(N)=O)ccc(Br)c1-2. The molecule has 1 aliphatic carbocycles. The van der Waals surface area contributed by atoms with Crippen molar-refractivity contribution in [3.8, 4) is 11.1 Å². The van der Waals surface area contributed by atoms with Crippen molar-refractivity contribution in [1.82, 2.24) is 0 Å². The van der Waals surface area contributed by atoms with Crippen LogP contribution >= 0.6 is 15.9 Å². The summed E-state index contributed by atoms with van der Waals surface area (Å²) < 4.78 is 0.944. The summed E-state index contributed by atoms with van der Waals surface area (Å²) in [5.41, 5.74) is 11.9. The van der Waals surface area contributed by atoms with E-state index in [0.717, 1.165) is 32.3 Å². The van der Waals surface area contributed by atoms with E-state index in [1.807, 2.05) is 31.9 Å². The van der Waals surface area contributed by atoms with Gasteiger partial charge in [0.05, 0.1) is 0 Å². The van der Waals surface area contributed by atoms with Gasteiger partial charge in [-0.2, -0.15) is 0 Å². The molecule has 0 heterocycles. The minimum Gasteiger partial charge on any atom is -0.366 e. The first-order valence-electron chi connectivity index (χ1n) is 6.95. The Bertz CT molecular complexity index is 828. The van der Waals surface area contributed by atoms with E-state index in [-0.39, 0.29) is 5.78 Å². The predicted octanol–water partition coefficient (Wildman–Crippen LogP) is 3.45. The zero-order chi connectivity index (χ0) is 17.3. The molecule has 2 N–H and O–H groups in total. The largest absolute Gasteiger partial charge is 0.366 e. The van der Waals surface area contributed by atoms with Crippen LogP contribution in [0.5, 0.6) is 0 Å². The van der Waals surface area contributed by atoms with E-state index in [1.165, 1.54) is 0 Å². The van der Waals surface area contributed by atoms with E-state index in [0.29, 0.717) is 17.5 Å². The molecule has 118 valence electrons. The number of carbonyl (C=O) groups excluding carboxylic acids is 3. The quantitative estimate of drug-likeness (QED) is 0.698. The first-order valence-corrected chi connectivity index (χ1v) is 7.74. The van der Waals surface area contributed by atoms with Crippen molar-refractivity contribution in [2.24, 2.45) is 5.73 Å². The molecule has 0 saturated carbocycles. The zero-order valence-electron chi connectivity index (χ0n) is 12.9. The van der Waals surface area contributed by atoms with Crippen LogP contribution < -0.4 is 5.73 Å². The van der Waals surface area contributed by atoms with Crippen LogP contribution in [0.3, 0.4) is 0 Å². The molecule has 1 amide bonds. The number of primary amides is 1. The van der Waals surface area contributed by atoms with E-state index in [9.17, 15) is 9.59 Å². The number of hydrogen-bond donors (Lipinski definition) is 1. The van der Waals surface area contributed by atoms with Crippen molar-refractivity contribution in [3.05, 3.63) is 56.6 Å². The maximum Gasteiger partial charge on any atom is 0.249 e. The van der Waals surface area contributed by atoms with E-state index in [1.54, 1.807) is 13.0 Å². The lowest BCUT2D eigenvalue weighted by atomic mass is 9.96. The Morgan fingerprint density at radius 1 is 1.17 bits per heavy atom. The Morgan fingerprint density at radius 3 is 2.39 bits per heavy atom. The van der Waals surface area contributed by atoms with Gasteiger partial charge in [0.15, 0.2) is 5.78 Å².